The lowest BCUT2D eigenvalue weighted by molar-refractivity contribution is 1.26. The van der Waals surface area contributed by atoms with Crippen LogP contribution in [0.4, 0.5) is 0 Å². The van der Waals surface area contributed by atoms with E-state index in [-0.39, 0.29) is 0 Å². The van der Waals surface area contributed by atoms with Gasteiger partial charge >= 0.3 is 0 Å². The first-order valence-electron chi connectivity index (χ1n) is 7.87. The summed E-state index contributed by atoms with van der Waals surface area (Å²) in [6.45, 7) is 0. The van der Waals surface area contributed by atoms with Crippen molar-refractivity contribution in [2.24, 2.45) is 0 Å². The van der Waals surface area contributed by atoms with Crippen molar-refractivity contribution in [1.29, 1.82) is 0 Å². The largest absolute Gasteiger partial charge is 0.216 e. The van der Waals surface area contributed by atoms with E-state index in [1.165, 1.54) is 0 Å². The maximum atomic E-state index is 6.28. The number of alkyl halides is 6. The van der Waals surface area contributed by atoms with Crippen LogP contribution in [-0.2, 0) is 7.59 Å². The minimum atomic E-state index is -1.57. The quantitative estimate of drug-likeness (QED) is 0.268. The number of rotatable bonds is 3. The Morgan fingerprint density at radius 1 is 0.481 bits per heavy atom. The molecule has 140 valence electrons. The van der Waals surface area contributed by atoms with E-state index in [2.05, 4.69) is 0 Å². The second-order valence-electron chi connectivity index (χ2n) is 5.70. The van der Waals surface area contributed by atoms with Crippen molar-refractivity contribution < 1.29 is 0 Å². The predicted octanol–water partition coefficient (Wildman–Crippen LogP) is 7.10. The number of benzene rings is 3. The van der Waals surface area contributed by atoms with E-state index in [4.69, 9.17) is 69.6 Å². The van der Waals surface area contributed by atoms with Crippen molar-refractivity contribution >= 4 is 93.4 Å². The summed E-state index contributed by atoms with van der Waals surface area (Å²) in [4.78, 5) is 0. The van der Waals surface area contributed by atoms with E-state index < -0.39 is 15.5 Å². The van der Waals surface area contributed by atoms with Gasteiger partial charge in [0.15, 0.2) is 0 Å². The van der Waals surface area contributed by atoms with Crippen molar-refractivity contribution in [3.8, 4) is 0 Å². The fraction of sp³-hybridized carbons (Fsp3) is 0.100. The number of hydrogen-bond acceptors (Lipinski definition) is 0. The fourth-order valence-electron chi connectivity index (χ4n) is 2.80. The molecule has 27 heavy (non-hydrogen) atoms. The van der Waals surface area contributed by atoms with Gasteiger partial charge in [0, 0.05) is 11.1 Å². The van der Waals surface area contributed by atoms with Gasteiger partial charge in [-0.15, -0.1) is 0 Å². The van der Waals surface area contributed by atoms with Crippen LogP contribution in [-0.4, -0.2) is 0 Å². The Bertz CT molecular complexity index is 858. The highest BCUT2D eigenvalue weighted by atomic mass is 35.6. The highest BCUT2D eigenvalue weighted by Crippen LogP contribution is 2.46. The number of halogens is 6. The monoisotopic (exact) mass is 494 g/mol. The van der Waals surface area contributed by atoms with Crippen LogP contribution in [0.1, 0.15) is 11.1 Å². The van der Waals surface area contributed by atoms with Gasteiger partial charge in [0.25, 0.3) is 0 Å². The molecule has 0 bridgehead atoms. The molecular formula is C20H13Cl6P. The maximum Gasteiger partial charge on any atom is 0.216 e. The zero-order valence-corrected chi connectivity index (χ0v) is 19.2. The summed E-state index contributed by atoms with van der Waals surface area (Å²) in [5.74, 6) is 0. The summed E-state index contributed by atoms with van der Waals surface area (Å²) in [5.41, 5.74) is 1.23. The van der Waals surface area contributed by atoms with Gasteiger partial charge in [0.2, 0.25) is 7.59 Å². The summed E-state index contributed by atoms with van der Waals surface area (Å²) in [6.07, 6.45) is 0. The molecule has 0 aromatic heterocycles. The minimum Gasteiger partial charge on any atom is -0.0784 e. The van der Waals surface area contributed by atoms with Gasteiger partial charge in [0.05, 0.1) is 0 Å². The van der Waals surface area contributed by atoms with Crippen LogP contribution < -0.4 is 15.9 Å². The van der Waals surface area contributed by atoms with E-state index in [1.807, 2.05) is 78.9 Å². The molecule has 0 aliphatic carbocycles. The Morgan fingerprint density at radius 2 is 0.852 bits per heavy atom. The molecule has 0 N–H and O–H groups in total. The molecule has 0 saturated heterocycles. The van der Waals surface area contributed by atoms with Crippen LogP contribution in [0.3, 0.4) is 0 Å². The normalized spacial score (nSPS) is 12.4. The molecule has 0 unspecified atom stereocenters. The topological polar surface area (TPSA) is 0 Å². The zero-order valence-electron chi connectivity index (χ0n) is 13.7. The third-order valence-corrected chi connectivity index (χ3v) is 7.69. The second kappa shape index (κ2) is 8.68. The van der Waals surface area contributed by atoms with Gasteiger partial charge < -0.3 is 0 Å². The van der Waals surface area contributed by atoms with Crippen LogP contribution >= 0.6 is 77.5 Å². The minimum absolute atomic E-state index is 0.615. The molecule has 0 saturated carbocycles. The summed E-state index contributed by atoms with van der Waals surface area (Å²) < 4.78 is -3.14. The molecule has 3 rings (SSSR count). The molecule has 3 aromatic rings. The third kappa shape index (κ3) is 5.06. The van der Waals surface area contributed by atoms with E-state index >= 15 is 0 Å². The van der Waals surface area contributed by atoms with Crippen molar-refractivity contribution in [3.63, 3.8) is 0 Å². The molecule has 0 aliphatic rings. The third-order valence-electron chi connectivity index (χ3n) is 3.92. The van der Waals surface area contributed by atoms with Gasteiger partial charge in [0.1, 0.15) is 0 Å². The Kier molecular flexibility index (Phi) is 6.92. The second-order valence-corrected chi connectivity index (χ2v) is 12.4. The highest BCUT2D eigenvalue weighted by Gasteiger charge is 2.34. The van der Waals surface area contributed by atoms with E-state index in [0.29, 0.717) is 11.1 Å². The summed E-state index contributed by atoms with van der Waals surface area (Å²) in [6, 6.07) is 25.1. The lowest BCUT2D eigenvalue weighted by Gasteiger charge is -2.28. The van der Waals surface area contributed by atoms with Gasteiger partial charge in [-0.05, 0) is 23.8 Å². The smallest absolute Gasteiger partial charge is 0.0784 e. The van der Waals surface area contributed by atoms with E-state index in [0.717, 1.165) is 15.9 Å². The summed E-state index contributed by atoms with van der Waals surface area (Å²) in [7, 11) is -1.12. The molecule has 0 amide bonds. The first kappa shape index (κ1) is 21.5. The van der Waals surface area contributed by atoms with Crippen molar-refractivity contribution in [2.45, 2.75) is 7.59 Å². The molecule has 0 fully saturated rings. The fourth-order valence-corrected chi connectivity index (χ4v) is 6.91. The van der Waals surface area contributed by atoms with Crippen LogP contribution in [0.25, 0.3) is 0 Å². The van der Waals surface area contributed by atoms with Crippen LogP contribution in [0.2, 0.25) is 0 Å². The van der Waals surface area contributed by atoms with Crippen molar-refractivity contribution in [3.05, 3.63) is 90.0 Å². The average molecular weight is 497 g/mol. The first-order chi connectivity index (χ1) is 12.7. The van der Waals surface area contributed by atoms with Crippen molar-refractivity contribution in [1.82, 2.24) is 0 Å². The lowest BCUT2D eigenvalue weighted by Crippen LogP contribution is -2.29. The zero-order chi connectivity index (χ0) is 19.7. The Balaban J connectivity index is 2.32. The molecule has 0 heterocycles. The predicted molar refractivity (Wildman–Crippen MR) is 124 cm³/mol. The first-order valence-corrected chi connectivity index (χ1v) is 11.5. The summed E-state index contributed by atoms with van der Waals surface area (Å²) in [5, 5.41) is 2.87. The Hall–Kier alpha value is -0.170. The van der Waals surface area contributed by atoms with Crippen LogP contribution in [0, 0.1) is 0 Å². The van der Waals surface area contributed by atoms with Gasteiger partial charge in [-0.3, -0.25) is 0 Å². The van der Waals surface area contributed by atoms with Gasteiger partial charge in [-0.25, -0.2) is 0 Å². The number of hydrogen-bond donors (Lipinski definition) is 0. The van der Waals surface area contributed by atoms with Gasteiger partial charge in [-0.2, -0.15) is 0 Å². The van der Waals surface area contributed by atoms with E-state index in [9.17, 15) is 0 Å². The van der Waals surface area contributed by atoms with Crippen LogP contribution in [0.15, 0.2) is 78.9 Å². The van der Waals surface area contributed by atoms with E-state index in [1.54, 1.807) is 0 Å². The standard InChI is InChI=1S/C20H13Cl6P/c21-19(22,23)15-10-4-6-12-17(15)27(14-8-2-1-3-9-14)18-13-7-5-11-16(18)20(24,25)26/h1-13H. The Morgan fingerprint density at radius 3 is 1.26 bits per heavy atom. The maximum absolute atomic E-state index is 6.28. The molecule has 0 nitrogen and oxygen atoms in total. The molecule has 0 radical (unpaired) electrons. The molecule has 0 spiro atoms. The molecule has 0 atom stereocenters. The lowest BCUT2D eigenvalue weighted by atomic mass is 10.2. The molecular weight excluding hydrogens is 484 g/mol. The van der Waals surface area contributed by atoms with Crippen molar-refractivity contribution in [2.75, 3.05) is 0 Å². The SMILES string of the molecule is ClC(Cl)(Cl)c1ccccc1P(c1ccccc1)c1ccccc1C(Cl)(Cl)Cl. The summed E-state index contributed by atoms with van der Waals surface area (Å²) >= 11 is 37.7. The highest BCUT2D eigenvalue weighted by molar-refractivity contribution is 7.80. The molecule has 0 aliphatic heterocycles. The van der Waals surface area contributed by atoms with Gasteiger partial charge in [-0.1, -0.05) is 148 Å². The molecule has 3 aromatic carbocycles. The van der Waals surface area contributed by atoms with Crippen LogP contribution in [0.5, 0.6) is 0 Å². The Labute approximate surface area is 190 Å². The molecule has 7 heteroatoms. The average Bonchev–Trinajstić information content (AvgIpc) is 2.62.